The fraction of sp³-hybridized carbons (Fsp3) is 0.333. The highest BCUT2D eigenvalue weighted by molar-refractivity contribution is 9.10. The normalized spacial score (nSPS) is 9.94. The zero-order chi connectivity index (χ0) is 12.1. The first-order valence-corrected chi connectivity index (χ1v) is 5.89. The van der Waals surface area contributed by atoms with Gasteiger partial charge in [-0.25, -0.2) is 4.98 Å². The number of nitrogens with zero attached hydrogens (tertiary/aromatic N) is 2. The minimum atomic E-state index is -0.0574. The van der Waals surface area contributed by atoms with Gasteiger partial charge in [0.25, 0.3) is 5.91 Å². The summed E-state index contributed by atoms with van der Waals surface area (Å²) in [5.74, 6) is -0.0574. The van der Waals surface area contributed by atoms with Gasteiger partial charge in [-0.1, -0.05) is 12.2 Å². The van der Waals surface area contributed by atoms with Crippen LogP contribution in [0.1, 0.15) is 24.3 Å². The summed E-state index contributed by atoms with van der Waals surface area (Å²) in [6.07, 6.45) is 1.63. The van der Waals surface area contributed by atoms with E-state index in [1.165, 1.54) is 0 Å². The maximum atomic E-state index is 12.0. The highest BCUT2D eigenvalue weighted by Crippen LogP contribution is 2.09. The first-order chi connectivity index (χ1) is 7.54. The maximum Gasteiger partial charge on any atom is 0.272 e. The van der Waals surface area contributed by atoms with Crippen LogP contribution in [-0.2, 0) is 0 Å². The number of amides is 1. The van der Waals surface area contributed by atoms with E-state index in [0.717, 1.165) is 10.0 Å². The number of pyridine rings is 1. The number of carbonyl (C=O) groups excluding carboxylic acids is 1. The molecule has 0 aromatic carbocycles. The van der Waals surface area contributed by atoms with Crippen molar-refractivity contribution < 1.29 is 4.79 Å². The third-order valence-electron chi connectivity index (χ3n) is 2.08. The van der Waals surface area contributed by atoms with Gasteiger partial charge in [0.15, 0.2) is 0 Å². The monoisotopic (exact) mass is 282 g/mol. The quantitative estimate of drug-likeness (QED) is 0.796. The molecule has 0 aliphatic rings. The summed E-state index contributed by atoms with van der Waals surface area (Å²) in [5.41, 5.74) is 1.43. The molecule has 1 heterocycles. The number of aromatic nitrogens is 1. The van der Waals surface area contributed by atoms with E-state index in [4.69, 9.17) is 0 Å². The molecule has 0 N–H and O–H groups in total. The average molecular weight is 283 g/mol. The lowest BCUT2D eigenvalue weighted by Crippen LogP contribution is -2.32. The minimum Gasteiger partial charge on any atom is -0.334 e. The van der Waals surface area contributed by atoms with E-state index in [1.807, 2.05) is 19.9 Å². The lowest BCUT2D eigenvalue weighted by Gasteiger charge is -2.20. The molecule has 0 aliphatic heterocycles. The molecule has 0 unspecified atom stereocenters. The smallest absolute Gasteiger partial charge is 0.272 e. The van der Waals surface area contributed by atoms with Crippen molar-refractivity contribution in [3.63, 3.8) is 0 Å². The Balaban J connectivity index is 2.82. The van der Waals surface area contributed by atoms with E-state index in [2.05, 4.69) is 27.5 Å². The van der Waals surface area contributed by atoms with Crippen molar-refractivity contribution in [1.82, 2.24) is 9.88 Å². The van der Waals surface area contributed by atoms with Crippen LogP contribution < -0.4 is 0 Å². The van der Waals surface area contributed by atoms with Crippen LogP contribution in [0.25, 0.3) is 0 Å². The lowest BCUT2D eigenvalue weighted by atomic mass is 10.2. The van der Waals surface area contributed by atoms with Gasteiger partial charge in [-0.05, 0) is 41.9 Å². The second kappa shape index (κ2) is 5.80. The van der Waals surface area contributed by atoms with E-state index in [1.54, 1.807) is 17.2 Å². The molecule has 0 atom stereocenters. The topological polar surface area (TPSA) is 33.2 Å². The number of halogens is 1. The Bertz CT molecular complexity index is 387. The van der Waals surface area contributed by atoms with Gasteiger partial charge in [0.2, 0.25) is 0 Å². The minimum absolute atomic E-state index is 0.0574. The number of hydrogen-bond donors (Lipinski definition) is 0. The fourth-order valence-electron chi connectivity index (χ4n) is 1.32. The van der Waals surface area contributed by atoms with E-state index in [0.29, 0.717) is 18.8 Å². The van der Waals surface area contributed by atoms with Gasteiger partial charge in [-0.15, -0.1) is 0 Å². The Labute approximate surface area is 104 Å². The second-order valence-corrected chi connectivity index (χ2v) is 4.55. The van der Waals surface area contributed by atoms with Crippen LogP contribution in [0.4, 0.5) is 0 Å². The summed E-state index contributed by atoms with van der Waals surface area (Å²) in [6.45, 7) is 8.90. The molecule has 1 rings (SSSR count). The molecule has 0 fully saturated rings. The van der Waals surface area contributed by atoms with Gasteiger partial charge in [-0.2, -0.15) is 0 Å². The molecule has 3 nitrogen and oxygen atoms in total. The van der Waals surface area contributed by atoms with Crippen LogP contribution in [-0.4, -0.2) is 28.9 Å². The third-order valence-corrected chi connectivity index (χ3v) is 2.55. The van der Waals surface area contributed by atoms with E-state index in [-0.39, 0.29) is 5.91 Å². The van der Waals surface area contributed by atoms with Gasteiger partial charge in [0.1, 0.15) is 5.69 Å². The molecule has 1 amide bonds. The SMILES string of the molecule is C=C(C)CN(CC)C(=O)c1ccc(Br)cn1. The fourth-order valence-corrected chi connectivity index (χ4v) is 1.55. The van der Waals surface area contributed by atoms with E-state index < -0.39 is 0 Å². The molecular weight excluding hydrogens is 268 g/mol. The molecule has 0 saturated carbocycles. The maximum absolute atomic E-state index is 12.0. The largest absolute Gasteiger partial charge is 0.334 e. The first kappa shape index (κ1) is 12.9. The molecule has 1 aromatic rings. The highest BCUT2D eigenvalue weighted by Gasteiger charge is 2.14. The molecule has 0 radical (unpaired) electrons. The standard InChI is InChI=1S/C12H15BrN2O/c1-4-15(8-9(2)3)12(16)11-6-5-10(13)7-14-11/h5-7H,2,4,8H2,1,3H3. The van der Waals surface area contributed by atoms with Crippen molar-refractivity contribution in [2.75, 3.05) is 13.1 Å². The van der Waals surface area contributed by atoms with Gasteiger partial charge in [0.05, 0.1) is 0 Å². The van der Waals surface area contributed by atoms with Crippen LogP contribution in [0.15, 0.2) is 35.0 Å². The molecule has 16 heavy (non-hydrogen) atoms. The summed E-state index contributed by atoms with van der Waals surface area (Å²) in [4.78, 5) is 17.8. The first-order valence-electron chi connectivity index (χ1n) is 5.09. The van der Waals surface area contributed by atoms with Crippen LogP contribution in [0.5, 0.6) is 0 Å². The molecule has 1 aromatic heterocycles. The molecule has 86 valence electrons. The Morgan fingerprint density at radius 3 is 2.69 bits per heavy atom. The predicted molar refractivity (Wildman–Crippen MR) is 68.3 cm³/mol. The Hall–Kier alpha value is -1.16. The summed E-state index contributed by atoms with van der Waals surface area (Å²) < 4.78 is 0.868. The molecule has 0 aliphatic carbocycles. The molecule has 0 spiro atoms. The molecule has 0 saturated heterocycles. The van der Waals surface area contributed by atoms with Crippen molar-refractivity contribution >= 4 is 21.8 Å². The zero-order valence-electron chi connectivity index (χ0n) is 9.53. The summed E-state index contributed by atoms with van der Waals surface area (Å²) >= 11 is 3.29. The van der Waals surface area contributed by atoms with Crippen LogP contribution in [0.3, 0.4) is 0 Å². The van der Waals surface area contributed by atoms with Crippen molar-refractivity contribution in [3.05, 3.63) is 40.6 Å². The molecule has 0 bridgehead atoms. The van der Waals surface area contributed by atoms with Crippen molar-refractivity contribution in [2.24, 2.45) is 0 Å². The number of likely N-dealkylation sites (N-methyl/N-ethyl adjacent to an activating group) is 1. The van der Waals surface area contributed by atoms with Crippen molar-refractivity contribution in [2.45, 2.75) is 13.8 Å². The van der Waals surface area contributed by atoms with E-state index in [9.17, 15) is 4.79 Å². The summed E-state index contributed by atoms with van der Waals surface area (Å²) in [6, 6.07) is 3.53. The van der Waals surface area contributed by atoms with Crippen molar-refractivity contribution in [3.8, 4) is 0 Å². The Morgan fingerprint density at radius 2 is 2.25 bits per heavy atom. The van der Waals surface area contributed by atoms with Gasteiger partial charge in [0, 0.05) is 23.8 Å². The Kier molecular flexibility index (Phi) is 4.68. The van der Waals surface area contributed by atoms with Crippen molar-refractivity contribution in [1.29, 1.82) is 0 Å². The predicted octanol–water partition coefficient (Wildman–Crippen LogP) is 2.88. The number of hydrogen-bond acceptors (Lipinski definition) is 2. The number of rotatable bonds is 4. The second-order valence-electron chi connectivity index (χ2n) is 3.64. The Morgan fingerprint density at radius 1 is 1.56 bits per heavy atom. The van der Waals surface area contributed by atoms with Crippen LogP contribution >= 0.6 is 15.9 Å². The van der Waals surface area contributed by atoms with Gasteiger partial charge < -0.3 is 4.90 Å². The van der Waals surface area contributed by atoms with Crippen LogP contribution in [0.2, 0.25) is 0 Å². The molecule has 4 heteroatoms. The molecular formula is C12H15BrN2O. The van der Waals surface area contributed by atoms with Gasteiger partial charge >= 0.3 is 0 Å². The number of carbonyl (C=O) groups is 1. The highest BCUT2D eigenvalue weighted by atomic mass is 79.9. The zero-order valence-corrected chi connectivity index (χ0v) is 11.1. The summed E-state index contributed by atoms with van der Waals surface area (Å²) in [5, 5.41) is 0. The van der Waals surface area contributed by atoms with Gasteiger partial charge in [-0.3, -0.25) is 4.79 Å². The third kappa shape index (κ3) is 3.45. The lowest BCUT2D eigenvalue weighted by molar-refractivity contribution is 0.0772. The summed E-state index contributed by atoms with van der Waals surface area (Å²) in [7, 11) is 0. The van der Waals surface area contributed by atoms with Crippen LogP contribution in [0, 0.1) is 0 Å². The average Bonchev–Trinajstić information content (AvgIpc) is 2.25. The van der Waals surface area contributed by atoms with E-state index >= 15 is 0 Å².